The van der Waals surface area contributed by atoms with Gasteiger partial charge in [0.1, 0.15) is 5.84 Å². The highest BCUT2D eigenvalue weighted by molar-refractivity contribution is 8.18. The summed E-state index contributed by atoms with van der Waals surface area (Å²) in [4.78, 5) is 17.0. The number of amides is 1. The van der Waals surface area contributed by atoms with E-state index in [1.165, 1.54) is 0 Å². The third-order valence-electron chi connectivity index (χ3n) is 3.07. The van der Waals surface area contributed by atoms with Crippen molar-refractivity contribution in [3.8, 4) is 0 Å². The van der Waals surface area contributed by atoms with Gasteiger partial charge in [0, 0.05) is 5.02 Å². The van der Waals surface area contributed by atoms with Crippen LogP contribution in [0.1, 0.15) is 11.1 Å². The van der Waals surface area contributed by atoms with Gasteiger partial charge in [0.05, 0.1) is 10.6 Å². The number of aryl methyl sites for hydroxylation is 1. The minimum absolute atomic E-state index is 0.119. The number of carbonyl (C=O) groups excluding carboxylic acids is 1. The zero-order chi connectivity index (χ0) is 15.5. The summed E-state index contributed by atoms with van der Waals surface area (Å²) in [5.74, 6) is 0.579. The highest BCUT2D eigenvalue weighted by atomic mass is 35.5. The molecule has 1 aliphatic heterocycles. The van der Waals surface area contributed by atoms with Gasteiger partial charge in [-0.05, 0) is 60.2 Å². The lowest BCUT2D eigenvalue weighted by atomic mass is 10.2. The Morgan fingerprint density at radius 1 is 1.18 bits per heavy atom. The number of amidine groups is 1. The Hall–Kier alpha value is -2.04. The molecule has 1 N–H and O–H groups in total. The van der Waals surface area contributed by atoms with Crippen molar-refractivity contribution in [1.82, 2.24) is 5.32 Å². The van der Waals surface area contributed by atoms with Crippen LogP contribution >= 0.6 is 23.4 Å². The first-order valence-corrected chi connectivity index (χ1v) is 7.91. The number of nitrogens with one attached hydrogen (secondary N) is 1. The van der Waals surface area contributed by atoms with Crippen LogP contribution < -0.4 is 5.32 Å². The van der Waals surface area contributed by atoms with Gasteiger partial charge in [-0.2, -0.15) is 0 Å². The highest BCUT2D eigenvalue weighted by Crippen LogP contribution is 2.28. The molecule has 0 saturated carbocycles. The van der Waals surface area contributed by atoms with Crippen molar-refractivity contribution in [1.29, 1.82) is 0 Å². The fourth-order valence-corrected chi connectivity index (χ4v) is 2.91. The second-order valence-corrected chi connectivity index (χ2v) is 6.33. The van der Waals surface area contributed by atoms with Crippen molar-refractivity contribution >= 4 is 46.2 Å². The van der Waals surface area contributed by atoms with E-state index >= 15 is 0 Å². The van der Waals surface area contributed by atoms with Crippen LogP contribution in [0, 0.1) is 6.92 Å². The third-order valence-corrected chi connectivity index (χ3v) is 4.14. The third kappa shape index (κ3) is 3.59. The van der Waals surface area contributed by atoms with Crippen molar-refractivity contribution in [2.24, 2.45) is 4.99 Å². The molecule has 0 atom stereocenters. The summed E-state index contributed by atoms with van der Waals surface area (Å²) in [6.07, 6.45) is 1.92. The Bertz CT molecular complexity index is 782. The van der Waals surface area contributed by atoms with Gasteiger partial charge in [-0.3, -0.25) is 4.79 Å². The summed E-state index contributed by atoms with van der Waals surface area (Å²) in [7, 11) is 0. The smallest absolute Gasteiger partial charge is 0.289 e. The molecule has 0 aromatic heterocycles. The minimum atomic E-state index is -0.119. The predicted molar refractivity (Wildman–Crippen MR) is 93.8 cm³/mol. The molecule has 0 aliphatic carbocycles. The molecule has 110 valence electrons. The summed E-state index contributed by atoms with van der Waals surface area (Å²) >= 11 is 7.03. The van der Waals surface area contributed by atoms with E-state index in [0.717, 1.165) is 33.5 Å². The van der Waals surface area contributed by atoms with E-state index in [2.05, 4.69) is 10.3 Å². The van der Waals surface area contributed by atoms with E-state index in [-0.39, 0.29) is 5.24 Å². The van der Waals surface area contributed by atoms with E-state index < -0.39 is 0 Å². The molecule has 1 saturated heterocycles. The zero-order valence-corrected chi connectivity index (χ0v) is 13.4. The molecular weight excluding hydrogens is 316 g/mol. The van der Waals surface area contributed by atoms with Gasteiger partial charge in [0.15, 0.2) is 0 Å². The largest absolute Gasteiger partial charge is 0.300 e. The van der Waals surface area contributed by atoms with Crippen LogP contribution in [0.5, 0.6) is 0 Å². The van der Waals surface area contributed by atoms with Crippen LogP contribution in [0.3, 0.4) is 0 Å². The molecule has 1 amide bonds. The number of carbonyl (C=O) groups is 1. The van der Waals surface area contributed by atoms with Crippen molar-refractivity contribution in [3.63, 3.8) is 0 Å². The van der Waals surface area contributed by atoms with Crippen molar-refractivity contribution in [3.05, 3.63) is 69.6 Å². The number of nitrogens with zero attached hydrogens (tertiary/aromatic N) is 1. The molecule has 0 unspecified atom stereocenters. The SMILES string of the molecule is Cc1cccc(N=C2NC(=O)S/C2=C\c2ccc(Cl)cc2)c1. The monoisotopic (exact) mass is 328 g/mol. The fraction of sp³-hybridized carbons (Fsp3) is 0.0588. The Labute approximate surface area is 138 Å². The molecule has 2 aromatic carbocycles. The maximum absolute atomic E-state index is 11.7. The molecule has 2 aromatic rings. The van der Waals surface area contributed by atoms with Crippen LogP contribution in [0.25, 0.3) is 6.08 Å². The van der Waals surface area contributed by atoms with Crippen molar-refractivity contribution in [2.45, 2.75) is 6.92 Å². The lowest BCUT2D eigenvalue weighted by Crippen LogP contribution is -2.18. The zero-order valence-electron chi connectivity index (χ0n) is 11.8. The molecule has 0 spiro atoms. The second kappa shape index (κ2) is 6.38. The molecule has 1 fully saturated rings. The van der Waals surface area contributed by atoms with E-state index in [1.807, 2.05) is 61.5 Å². The van der Waals surface area contributed by atoms with E-state index in [9.17, 15) is 4.79 Å². The Balaban J connectivity index is 1.95. The van der Waals surface area contributed by atoms with Crippen LogP contribution in [0.4, 0.5) is 10.5 Å². The number of hydrogen-bond acceptors (Lipinski definition) is 3. The first-order valence-electron chi connectivity index (χ1n) is 6.72. The molecule has 0 radical (unpaired) electrons. The minimum Gasteiger partial charge on any atom is -0.300 e. The number of aliphatic imine (C=N–C) groups is 1. The topological polar surface area (TPSA) is 41.5 Å². The highest BCUT2D eigenvalue weighted by Gasteiger charge is 2.23. The van der Waals surface area contributed by atoms with E-state index in [4.69, 9.17) is 11.6 Å². The maximum atomic E-state index is 11.7. The number of halogens is 1. The molecule has 1 aliphatic rings. The van der Waals surface area contributed by atoms with Gasteiger partial charge in [0.2, 0.25) is 0 Å². The molecule has 5 heteroatoms. The quantitative estimate of drug-likeness (QED) is 0.825. The Morgan fingerprint density at radius 2 is 1.95 bits per heavy atom. The number of rotatable bonds is 2. The second-order valence-electron chi connectivity index (χ2n) is 4.87. The summed E-state index contributed by atoms with van der Waals surface area (Å²) in [6, 6.07) is 15.3. The van der Waals surface area contributed by atoms with Crippen molar-refractivity contribution in [2.75, 3.05) is 0 Å². The maximum Gasteiger partial charge on any atom is 0.289 e. The molecule has 3 nitrogen and oxygen atoms in total. The van der Waals surface area contributed by atoms with Gasteiger partial charge in [-0.15, -0.1) is 0 Å². The fourth-order valence-electron chi connectivity index (χ4n) is 2.05. The summed E-state index contributed by atoms with van der Waals surface area (Å²) in [6.45, 7) is 2.01. The predicted octanol–water partition coefficient (Wildman–Crippen LogP) is 5.18. The van der Waals surface area contributed by atoms with Crippen LogP contribution in [-0.4, -0.2) is 11.1 Å². The van der Waals surface area contributed by atoms with Crippen LogP contribution in [0.15, 0.2) is 58.4 Å². The van der Waals surface area contributed by atoms with Crippen LogP contribution in [0.2, 0.25) is 5.02 Å². The average molecular weight is 329 g/mol. The van der Waals surface area contributed by atoms with Gasteiger partial charge in [-0.1, -0.05) is 35.9 Å². The lowest BCUT2D eigenvalue weighted by molar-refractivity contribution is 0.265. The molecule has 22 heavy (non-hydrogen) atoms. The van der Waals surface area contributed by atoms with Crippen molar-refractivity contribution < 1.29 is 4.79 Å². The van der Waals surface area contributed by atoms with Gasteiger partial charge in [0.25, 0.3) is 5.24 Å². The van der Waals surface area contributed by atoms with Crippen LogP contribution in [-0.2, 0) is 0 Å². The van der Waals surface area contributed by atoms with E-state index in [0.29, 0.717) is 10.9 Å². The van der Waals surface area contributed by atoms with Gasteiger partial charge < -0.3 is 5.32 Å². The summed E-state index contributed by atoms with van der Waals surface area (Å²) in [5, 5.41) is 3.35. The number of benzene rings is 2. The van der Waals surface area contributed by atoms with E-state index in [1.54, 1.807) is 0 Å². The lowest BCUT2D eigenvalue weighted by Gasteiger charge is -2.01. The Kier molecular flexibility index (Phi) is 4.32. The number of thioether (sulfide) groups is 1. The first kappa shape index (κ1) is 14.9. The summed E-state index contributed by atoms with van der Waals surface area (Å²) < 4.78 is 0. The average Bonchev–Trinajstić information content (AvgIpc) is 2.81. The normalized spacial score (nSPS) is 18.0. The number of hydrogen-bond donors (Lipinski definition) is 1. The molecule has 3 rings (SSSR count). The van der Waals surface area contributed by atoms with Gasteiger partial charge in [-0.25, -0.2) is 4.99 Å². The summed E-state index contributed by atoms with van der Waals surface area (Å²) in [5.41, 5.74) is 2.92. The Morgan fingerprint density at radius 3 is 2.68 bits per heavy atom. The van der Waals surface area contributed by atoms with Gasteiger partial charge >= 0.3 is 0 Å². The molecule has 0 bridgehead atoms. The standard InChI is InChI=1S/C17H13ClN2OS/c1-11-3-2-4-14(9-11)19-16-15(22-17(21)20-16)10-12-5-7-13(18)8-6-12/h2-10H,1H3,(H,19,20,21)/b15-10-. The molecular formula is C17H13ClN2OS. The first-order chi connectivity index (χ1) is 10.6. The molecule has 1 heterocycles.